The zero-order valence-electron chi connectivity index (χ0n) is 20.7. The van der Waals surface area contributed by atoms with Crippen LogP contribution in [0.1, 0.15) is 45.2 Å². The Hall–Kier alpha value is -3.13. The van der Waals surface area contributed by atoms with E-state index in [9.17, 15) is 29.1 Å². The number of carbonyl (C=O) groups is 5. The Kier molecular flexibility index (Phi) is 13.5. The Labute approximate surface area is 213 Å². The molecule has 0 saturated heterocycles. The smallest absolute Gasteiger partial charge is 0.326 e. The van der Waals surface area contributed by atoms with Crippen molar-refractivity contribution in [2.45, 2.75) is 70.1 Å². The summed E-state index contributed by atoms with van der Waals surface area (Å²) in [6, 6.07) is -4.43. The van der Waals surface area contributed by atoms with Crippen molar-refractivity contribution in [2.24, 2.45) is 11.7 Å². The molecule has 1 aromatic heterocycles. The maximum absolute atomic E-state index is 13.1. The van der Waals surface area contributed by atoms with Crippen LogP contribution < -0.4 is 21.7 Å². The molecule has 1 aromatic rings. The van der Waals surface area contributed by atoms with Crippen molar-refractivity contribution in [1.29, 1.82) is 0 Å². The van der Waals surface area contributed by atoms with E-state index in [0.717, 1.165) is 0 Å². The third-order valence-electron chi connectivity index (χ3n) is 5.63. The Morgan fingerprint density at radius 3 is 2.25 bits per heavy atom. The van der Waals surface area contributed by atoms with Gasteiger partial charge >= 0.3 is 11.9 Å². The standard InChI is InChI=1S/C22H36N6O7S/c1-4-12(2)18(21(33)27-16(22(34)35)5-6-17(29)30)28-20(32)15(7-8-36-3)26-19(31)14(23)9-13-10-24-11-25-13/h10-12,14-16,18H,4-9,23H2,1-3H3,(H,24,25)(H,26,31)(H,27,33)(H,28,32)(H,29,30)(H,34,35). The Morgan fingerprint density at radius 1 is 1.06 bits per heavy atom. The molecule has 5 atom stereocenters. The van der Waals surface area contributed by atoms with Gasteiger partial charge in [0.15, 0.2) is 0 Å². The minimum atomic E-state index is -1.43. The van der Waals surface area contributed by atoms with E-state index in [4.69, 9.17) is 10.8 Å². The highest BCUT2D eigenvalue weighted by atomic mass is 32.2. The predicted octanol–water partition coefficient (Wildman–Crippen LogP) is -0.517. The lowest BCUT2D eigenvalue weighted by Gasteiger charge is -2.28. The highest BCUT2D eigenvalue weighted by Crippen LogP contribution is 2.11. The van der Waals surface area contributed by atoms with Gasteiger partial charge in [-0.3, -0.25) is 19.2 Å². The van der Waals surface area contributed by atoms with Crippen molar-refractivity contribution < 1.29 is 34.2 Å². The summed E-state index contributed by atoms with van der Waals surface area (Å²) in [5.74, 6) is -4.30. The van der Waals surface area contributed by atoms with Crippen molar-refractivity contribution in [3.05, 3.63) is 18.2 Å². The highest BCUT2D eigenvalue weighted by Gasteiger charge is 2.32. The van der Waals surface area contributed by atoms with E-state index < -0.39 is 60.2 Å². The van der Waals surface area contributed by atoms with E-state index in [1.54, 1.807) is 20.0 Å². The second-order valence-corrected chi connectivity index (χ2v) is 9.42. The largest absolute Gasteiger partial charge is 0.481 e. The Bertz CT molecular complexity index is 882. The van der Waals surface area contributed by atoms with Gasteiger partial charge in [0.1, 0.15) is 18.1 Å². The van der Waals surface area contributed by atoms with Crippen LogP contribution in [0.2, 0.25) is 0 Å². The van der Waals surface area contributed by atoms with Gasteiger partial charge in [-0.2, -0.15) is 11.8 Å². The van der Waals surface area contributed by atoms with Crippen LogP contribution >= 0.6 is 11.8 Å². The summed E-state index contributed by atoms with van der Waals surface area (Å²) in [5.41, 5.74) is 6.64. The molecule has 0 bridgehead atoms. The Morgan fingerprint density at radius 2 is 1.72 bits per heavy atom. The second kappa shape index (κ2) is 15.8. The molecule has 1 heterocycles. The third-order valence-corrected chi connectivity index (χ3v) is 6.27. The minimum Gasteiger partial charge on any atom is -0.481 e. The fraction of sp³-hybridized carbons (Fsp3) is 0.636. The topological polar surface area (TPSA) is 217 Å². The van der Waals surface area contributed by atoms with Crippen molar-refractivity contribution in [3.63, 3.8) is 0 Å². The zero-order chi connectivity index (χ0) is 27.3. The van der Waals surface area contributed by atoms with Gasteiger partial charge in [0.25, 0.3) is 0 Å². The van der Waals surface area contributed by atoms with E-state index in [2.05, 4.69) is 25.9 Å². The fourth-order valence-corrected chi connectivity index (χ4v) is 3.72. The van der Waals surface area contributed by atoms with Crippen molar-refractivity contribution >= 4 is 41.4 Å². The van der Waals surface area contributed by atoms with Crippen LogP contribution in [0.4, 0.5) is 0 Å². The molecule has 0 fully saturated rings. The number of carboxylic acids is 2. The first kappa shape index (κ1) is 30.9. The van der Waals surface area contributed by atoms with Gasteiger partial charge in [0.2, 0.25) is 17.7 Å². The summed E-state index contributed by atoms with van der Waals surface area (Å²) in [4.78, 5) is 67.8. The molecule has 0 aliphatic carbocycles. The summed E-state index contributed by atoms with van der Waals surface area (Å²) in [7, 11) is 0. The lowest BCUT2D eigenvalue weighted by molar-refractivity contribution is -0.143. The minimum absolute atomic E-state index is 0.188. The number of nitrogens with one attached hydrogen (secondary N) is 4. The van der Waals surface area contributed by atoms with E-state index in [0.29, 0.717) is 17.9 Å². The summed E-state index contributed by atoms with van der Waals surface area (Å²) in [6.07, 6.45) is 5.06. The average Bonchev–Trinajstić information content (AvgIpc) is 3.34. The molecule has 1 rings (SSSR count). The first-order valence-corrected chi connectivity index (χ1v) is 13.0. The molecule has 0 radical (unpaired) electrons. The van der Waals surface area contributed by atoms with E-state index in [1.165, 1.54) is 18.1 Å². The molecular weight excluding hydrogens is 492 g/mol. The predicted molar refractivity (Wildman–Crippen MR) is 133 cm³/mol. The number of imidazole rings is 1. The average molecular weight is 529 g/mol. The molecule has 5 unspecified atom stereocenters. The van der Waals surface area contributed by atoms with Crippen LogP contribution in [-0.2, 0) is 30.4 Å². The maximum Gasteiger partial charge on any atom is 0.326 e. The molecule has 0 spiro atoms. The molecule has 0 aliphatic rings. The number of H-pyrrole nitrogens is 1. The SMILES string of the molecule is CCC(C)C(NC(=O)C(CCSC)NC(=O)C(N)Cc1cnc[nH]1)C(=O)NC(CCC(=O)O)C(=O)O. The van der Waals surface area contributed by atoms with Gasteiger partial charge in [-0.05, 0) is 30.8 Å². The molecule has 202 valence electrons. The number of thioether (sulfide) groups is 1. The summed E-state index contributed by atoms with van der Waals surface area (Å²) >= 11 is 1.47. The number of aromatic nitrogens is 2. The quantitative estimate of drug-likeness (QED) is 0.137. The van der Waals surface area contributed by atoms with Gasteiger partial charge in [-0.1, -0.05) is 20.3 Å². The number of aliphatic carboxylic acids is 2. The van der Waals surface area contributed by atoms with E-state index in [1.807, 2.05) is 6.26 Å². The fourth-order valence-electron chi connectivity index (χ4n) is 3.25. The van der Waals surface area contributed by atoms with Gasteiger partial charge in [-0.15, -0.1) is 0 Å². The van der Waals surface area contributed by atoms with Gasteiger partial charge < -0.3 is 36.9 Å². The molecule has 14 heteroatoms. The van der Waals surface area contributed by atoms with Gasteiger partial charge in [0, 0.05) is 24.7 Å². The number of amides is 3. The normalized spacial score (nSPS) is 15.1. The van der Waals surface area contributed by atoms with Crippen LogP contribution in [0.25, 0.3) is 0 Å². The molecule has 0 aliphatic heterocycles. The van der Waals surface area contributed by atoms with Crippen LogP contribution in [0.15, 0.2) is 12.5 Å². The molecule has 8 N–H and O–H groups in total. The van der Waals surface area contributed by atoms with Crippen LogP contribution in [0.5, 0.6) is 0 Å². The number of carboxylic acid groups (broad SMARTS) is 2. The lowest BCUT2D eigenvalue weighted by Crippen LogP contribution is -2.58. The number of aromatic amines is 1. The van der Waals surface area contributed by atoms with Crippen LogP contribution in [0.3, 0.4) is 0 Å². The monoisotopic (exact) mass is 528 g/mol. The molecule has 0 aromatic carbocycles. The van der Waals surface area contributed by atoms with Crippen molar-refractivity contribution in [3.8, 4) is 0 Å². The molecule has 3 amide bonds. The molecule has 36 heavy (non-hydrogen) atoms. The van der Waals surface area contributed by atoms with E-state index in [-0.39, 0.29) is 25.2 Å². The lowest BCUT2D eigenvalue weighted by atomic mass is 9.97. The first-order chi connectivity index (χ1) is 17.0. The number of hydrogen-bond acceptors (Lipinski definition) is 8. The van der Waals surface area contributed by atoms with Crippen LogP contribution in [0, 0.1) is 5.92 Å². The third kappa shape index (κ3) is 10.6. The number of rotatable bonds is 17. The number of hydrogen-bond donors (Lipinski definition) is 7. The van der Waals surface area contributed by atoms with Crippen molar-refractivity contribution in [2.75, 3.05) is 12.0 Å². The highest BCUT2D eigenvalue weighted by molar-refractivity contribution is 7.98. The zero-order valence-corrected chi connectivity index (χ0v) is 21.5. The van der Waals surface area contributed by atoms with Gasteiger partial charge in [-0.25, -0.2) is 9.78 Å². The summed E-state index contributed by atoms with van der Waals surface area (Å²) in [6.45, 7) is 3.52. The first-order valence-electron chi connectivity index (χ1n) is 11.6. The van der Waals surface area contributed by atoms with Gasteiger partial charge in [0.05, 0.1) is 12.4 Å². The van der Waals surface area contributed by atoms with Crippen molar-refractivity contribution in [1.82, 2.24) is 25.9 Å². The molecular formula is C22H36N6O7S. The maximum atomic E-state index is 13.1. The summed E-state index contributed by atoms with van der Waals surface area (Å²) in [5, 5.41) is 25.8. The van der Waals surface area contributed by atoms with Crippen LogP contribution in [-0.4, -0.2) is 86.0 Å². The molecule has 13 nitrogen and oxygen atoms in total. The summed E-state index contributed by atoms with van der Waals surface area (Å²) < 4.78 is 0. The number of nitrogens with two attached hydrogens (primary N) is 1. The number of carbonyl (C=O) groups excluding carboxylic acids is 3. The van der Waals surface area contributed by atoms with E-state index >= 15 is 0 Å². The molecule has 0 saturated carbocycles. The number of nitrogens with zero attached hydrogens (tertiary/aromatic N) is 1. The second-order valence-electron chi connectivity index (χ2n) is 8.43. The Balaban J connectivity index is 2.94.